The first-order chi connectivity index (χ1) is 8.84. The molecule has 1 heterocycles. The van der Waals surface area contributed by atoms with E-state index in [1.807, 2.05) is 0 Å². The Kier molecular flexibility index (Phi) is 6.82. The molecule has 1 N–H and O–H groups in total. The van der Waals surface area contributed by atoms with Gasteiger partial charge in [-0.1, -0.05) is 27.7 Å². The van der Waals surface area contributed by atoms with Crippen LogP contribution in [0.15, 0.2) is 0 Å². The molecular weight excluding hydrogens is 232 g/mol. The van der Waals surface area contributed by atoms with Crippen molar-refractivity contribution in [3.63, 3.8) is 0 Å². The lowest BCUT2D eigenvalue weighted by atomic mass is 9.75. The maximum atomic E-state index is 3.61. The Balaban J connectivity index is 2.30. The van der Waals surface area contributed by atoms with Crippen LogP contribution < -0.4 is 5.32 Å². The zero-order chi connectivity index (χ0) is 14.5. The first-order valence-corrected chi connectivity index (χ1v) is 8.32. The fraction of sp³-hybridized carbons (Fsp3) is 1.00. The lowest BCUT2D eigenvalue weighted by molar-refractivity contribution is 0.0820. The zero-order valence-corrected chi connectivity index (χ0v) is 14.1. The van der Waals surface area contributed by atoms with E-state index in [1.54, 1.807) is 0 Å². The lowest BCUT2D eigenvalue weighted by Gasteiger charge is -2.41. The highest BCUT2D eigenvalue weighted by Gasteiger charge is 2.30. The van der Waals surface area contributed by atoms with Gasteiger partial charge < -0.3 is 10.2 Å². The van der Waals surface area contributed by atoms with E-state index in [-0.39, 0.29) is 0 Å². The average Bonchev–Trinajstić information content (AvgIpc) is 2.35. The molecule has 1 aliphatic heterocycles. The predicted octanol–water partition coefficient (Wildman–Crippen LogP) is 3.91. The van der Waals surface area contributed by atoms with Crippen LogP contribution in [0.4, 0.5) is 0 Å². The number of nitrogens with one attached hydrogen (secondary N) is 1. The van der Waals surface area contributed by atoms with Gasteiger partial charge in [-0.15, -0.1) is 0 Å². The van der Waals surface area contributed by atoms with E-state index in [0.717, 1.165) is 18.5 Å². The van der Waals surface area contributed by atoms with Crippen LogP contribution in [0.5, 0.6) is 0 Å². The minimum Gasteiger partial charge on any atom is -0.314 e. The number of hydrogen-bond acceptors (Lipinski definition) is 2. The van der Waals surface area contributed by atoms with Crippen LogP contribution in [-0.2, 0) is 0 Å². The second kappa shape index (κ2) is 7.64. The third-order valence-electron chi connectivity index (χ3n) is 4.82. The van der Waals surface area contributed by atoms with Gasteiger partial charge in [0.05, 0.1) is 0 Å². The summed E-state index contributed by atoms with van der Waals surface area (Å²) in [6, 6.07) is 1.37. The summed E-state index contributed by atoms with van der Waals surface area (Å²) < 4.78 is 0. The highest BCUT2D eigenvalue weighted by Crippen LogP contribution is 2.34. The highest BCUT2D eigenvalue weighted by molar-refractivity contribution is 4.83. The van der Waals surface area contributed by atoms with Crippen LogP contribution in [-0.4, -0.2) is 36.6 Å². The summed E-state index contributed by atoms with van der Waals surface area (Å²) in [5, 5.41) is 3.61. The third kappa shape index (κ3) is 5.83. The first kappa shape index (κ1) is 17.0. The molecule has 2 heteroatoms. The molecule has 114 valence electrons. The standard InChI is InChI=1S/C17H36N2/c1-7-10-18-14(2)13-15(3)19-11-8-16(9-12-19)17(4,5)6/h14-16,18H,7-13H2,1-6H3. The fourth-order valence-electron chi connectivity index (χ4n) is 3.34. The second-order valence-electron chi connectivity index (χ2n) is 7.62. The van der Waals surface area contributed by atoms with Crippen LogP contribution in [0.2, 0.25) is 0 Å². The number of hydrogen-bond donors (Lipinski definition) is 1. The first-order valence-electron chi connectivity index (χ1n) is 8.32. The monoisotopic (exact) mass is 268 g/mol. The topological polar surface area (TPSA) is 15.3 Å². The average molecular weight is 268 g/mol. The van der Waals surface area contributed by atoms with E-state index < -0.39 is 0 Å². The van der Waals surface area contributed by atoms with E-state index >= 15 is 0 Å². The quantitative estimate of drug-likeness (QED) is 0.785. The van der Waals surface area contributed by atoms with Crippen molar-refractivity contribution in [2.24, 2.45) is 11.3 Å². The summed E-state index contributed by atoms with van der Waals surface area (Å²) in [5.74, 6) is 0.909. The van der Waals surface area contributed by atoms with Gasteiger partial charge in [0.25, 0.3) is 0 Å². The Morgan fingerprint density at radius 1 is 1.16 bits per heavy atom. The van der Waals surface area contributed by atoms with Gasteiger partial charge in [-0.05, 0) is 70.5 Å². The van der Waals surface area contributed by atoms with Crippen molar-refractivity contribution >= 4 is 0 Å². The maximum Gasteiger partial charge on any atom is 0.00816 e. The van der Waals surface area contributed by atoms with Crippen LogP contribution in [0.3, 0.4) is 0 Å². The van der Waals surface area contributed by atoms with Gasteiger partial charge in [0, 0.05) is 12.1 Å². The minimum absolute atomic E-state index is 0.491. The second-order valence-corrected chi connectivity index (χ2v) is 7.62. The summed E-state index contributed by atoms with van der Waals surface area (Å²) in [6.45, 7) is 17.9. The van der Waals surface area contributed by atoms with Crippen LogP contribution in [0, 0.1) is 11.3 Å². The molecule has 0 spiro atoms. The molecule has 0 aliphatic carbocycles. The molecule has 19 heavy (non-hydrogen) atoms. The summed E-state index contributed by atoms with van der Waals surface area (Å²) in [6.07, 6.45) is 5.27. The molecule has 0 saturated carbocycles. The van der Waals surface area contributed by atoms with Gasteiger partial charge >= 0.3 is 0 Å². The van der Waals surface area contributed by atoms with Gasteiger partial charge in [0.1, 0.15) is 0 Å². The fourth-order valence-corrected chi connectivity index (χ4v) is 3.34. The molecule has 0 aromatic heterocycles. The van der Waals surface area contributed by atoms with Gasteiger partial charge in [0.2, 0.25) is 0 Å². The van der Waals surface area contributed by atoms with Crippen molar-refractivity contribution in [3.05, 3.63) is 0 Å². The Hall–Kier alpha value is -0.0800. The summed E-state index contributed by atoms with van der Waals surface area (Å²) in [7, 11) is 0. The van der Waals surface area contributed by atoms with Gasteiger partial charge in [0.15, 0.2) is 0 Å². The van der Waals surface area contributed by atoms with E-state index in [2.05, 4.69) is 51.8 Å². The van der Waals surface area contributed by atoms with E-state index in [9.17, 15) is 0 Å². The molecule has 0 bridgehead atoms. The molecule has 1 aliphatic rings. The molecular formula is C17H36N2. The number of likely N-dealkylation sites (tertiary alicyclic amines) is 1. The molecule has 0 aromatic rings. The van der Waals surface area contributed by atoms with Gasteiger partial charge in [-0.3, -0.25) is 0 Å². The van der Waals surface area contributed by atoms with Crippen LogP contribution in [0.1, 0.15) is 67.2 Å². The minimum atomic E-state index is 0.491. The molecule has 0 amide bonds. The van der Waals surface area contributed by atoms with Crippen molar-refractivity contribution in [2.45, 2.75) is 79.3 Å². The van der Waals surface area contributed by atoms with Gasteiger partial charge in [-0.2, -0.15) is 0 Å². The lowest BCUT2D eigenvalue weighted by Crippen LogP contribution is -2.44. The number of nitrogens with zero attached hydrogens (tertiary/aromatic N) is 1. The Morgan fingerprint density at radius 3 is 2.21 bits per heavy atom. The molecule has 1 rings (SSSR count). The summed E-state index contributed by atoms with van der Waals surface area (Å²) in [5.41, 5.74) is 0.491. The largest absolute Gasteiger partial charge is 0.314 e. The van der Waals surface area contributed by atoms with Crippen molar-refractivity contribution in [3.8, 4) is 0 Å². The zero-order valence-electron chi connectivity index (χ0n) is 14.1. The summed E-state index contributed by atoms with van der Waals surface area (Å²) in [4.78, 5) is 2.70. The highest BCUT2D eigenvalue weighted by atomic mass is 15.2. The normalized spacial score (nSPS) is 22.4. The molecule has 1 saturated heterocycles. The number of piperidine rings is 1. The van der Waals surface area contributed by atoms with Crippen LogP contribution >= 0.6 is 0 Å². The molecule has 0 aromatic carbocycles. The molecule has 2 unspecified atom stereocenters. The summed E-state index contributed by atoms with van der Waals surface area (Å²) >= 11 is 0. The molecule has 2 nitrogen and oxygen atoms in total. The maximum absolute atomic E-state index is 3.61. The van der Waals surface area contributed by atoms with Crippen molar-refractivity contribution in [1.82, 2.24) is 10.2 Å². The predicted molar refractivity (Wildman–Crippen MR) is 85.6 cm³/mol. The van der Waals surface area contributed by atoms with Crippen LogP contribution in [0.25, 0.3) is 0 Å². The molecule has 1 fully saturated rings. The third-order valence-corrected chi connectivity index (χ3v) is 4.82. The number of rotatable bonds is 6. The SMILES string of the molecule is CCCNC(C)CC(C)N1CCC(C(C)(C)C)CC1. The smallest absolute Gasteiger partial charge is 0.00816 e. The Bertz CT molecular complexity index is 236. The van der Waals surface area contributed by atoms with Gasteiger partial charge in [-0.25, -0.2) is 0 Å². The van der Waals surface area contributed by atoms with Crippen molar-refractivity contribution in [1.29, 1.82) is 0 Å². The molecule has 0 radical (unpaired) electrons. The Labute approximate surface area is 121 Å². The van der Waals surface area contributed by atoms with Crippen molar-refractivity contribution < 1.29 is 0 Å². The van der Waals surface area contributed by atoms with E-state index in [1.165, 1.54) is 38.8 Å². The van der Waals surface area contributed by atoms with Crippen molar-refractivity contribution in [2.75, 3.05) is 19.6 Å². The van der Waals surface area contributed by atoms with E-state index in [4.69, 9.17) is 0 Å². The Morgan fingerprint density at radius 2 is 1.74 bits per heavy atom. The van der Waals surface area contributed by atoms with E-state index in [0.29, 0.717) is 11.5 Å². The molecule has 2 atom stereocenters.